The van der Waals surface area contributed by atoms with Gasteiger partial charge in [-0.05, 0) is 78.4 Å². The Morgan fingerprint density at radius 1 is 0.622 bits per heavy atom. The van der Waals surface area contributed by atoms with E-state index in [2.05, 4.69) is 137 Å². The van der Waals surface area contributed by atoms with E-state index in [9.17, 15) is 0 Å². The van der Waals surface area contributed by atoms with Crippen molar-refractivity contribution in [2.24, 2.45) is 0 Å². The lowest BCUT2D eigenvalue weighted by Gasteiger charge is -2.21. The molecule has 0 fully saturated rings. The molecule has 0 aliphatic heterocycles. The Morgan fingerprint density at radius 3 is 2.40 bits per heavy atom. The molecule has 0 saturated carbocycles. The number of aryl methyl sites for hydroxylation is 1. The fourth-order valence-corrected chi connectivity index (χ4v) is 7.90. The van der Waals surface area contributed by atoms with Crippen LogP contribution in [0.25, 0.3) is 77.5 Å². The lowest BCUT2D eigenvalue weighted by Crippen LogP contribution is -2.10. The summed E-state index contributed by atoms with van der Waals surface area (Å²) in [5.74, 6) is 0. The van der Waals surface area contributed by atoms with Crippen molar-refractivity contribution >= 4 is 60.7 Å². The van der Waals surface area contributed by atoms with E-state index >= 15 is 0 Å². The van der Waals surface area contributed by atoms with Crippen LogP contribution in [0.4, 0.5) is 0 Å². The zero-order valence-corrected chi connectivity index (χ0v) is 24.8. The largest absolute Gasteiger partial charge is 0.456 e. The van der Waals surface area contributed by atoms with Gasteiger partial charge in [0.2, 0.25) is 0 Å². The van der Waals surface area contributed by atoms with E-state index in [0.29, 0.717) is 0 Å². The van der Waals surface area contributed by atoms with Crippen LogP contribution in [0, 0.1) is 0 Å². The van der Waals surface area contributed by atoms with E-state index in [4.69, 9.17) is 4.42 Å². The Morgan fingerprint density at radius 2 is 1.47 bits per heavy atom. The number of fused-ring (bicyclic) bond motifs is 10. The van der Waals surface area contributed by atoms with Crippen LogP contribution in [0.2, 0.25) is 0 Å². The summed E-state index contributed by atoms with van der Waals surface area (Å²) in [6, 6.07) is 37.8. The summed E-state index contributed by atoms with van der Waals surface area (Å²) in [6.45, 7) is 0. The van der Waals surface area contributed by atoms with Crippen molar-refractivity contribution in [2.45, 2.75) is 25.3 Å². The van der Waals surface area contributed by atoms with Crippen molar-refractivity contribution in [3.63, 3.8) is 0 Å². The smallest absolute Gasteiger partial charge is 0.135 e. The molecule has 8 aromatic rings. The Hall–Kier alpha value is -5.54. The van der Waals surface area contributed by atoms with Crippen LogP contribution in [0.5, 0.6) is 0 Å². The first-order valence-electron chi connectivity index (χ1n) is 15.9. The fraction of sp³-hybridized carbons (Fsp3) is 0.0952. The van der Waals surface area contributed by atoms with Gasteiger partial charge in [0, 0.05) is 38.3 Å². The summed E-state index contributed by atoms with van der Waals surface area (Å²) in [4.78, 5) is 0. The molecule has 1 atom stereocenters. The molecule has 3 nitrogen and oxygen atoms in total. The summed E-state index contributed by atoms with van der Waals surface area (Å²) in [5, 5.41) is 6.26. The molecule has 3 heteroatoms. The van der Waals surface area contributed by atoms with Crippen LogP contribution >= 0.6 is 0 Å². The van der Waals surface area contributed by atoms with Crippen molar-refractivity contribution in [2.75, 3.05) is 0 Å². The monoisotopic (exact) mass is 578 g/mol. The van der Waals surface area contributed by atoms with Crippen LogP contribution in [-0.2, 0) is 6.42 Å². The van der Waals surface area contributed by atoms with Gasteiger partial charge in [-0.3, -0.25) is 0 Å². The number of nitrogens with zero attached hydrogens (tertiary/aromatic N) is 2. The first-order chi connectivity index (χ1) is 22.3. The standard InChI is InChI=1S/C42H30N2O/c1-2-12-29(13-3-1)43-37-18-7-4-15-31(37)34-22-23-35-32-16-5-8-19-38(32)44(42(35)41(34)43)30-14-10-11-27(25-30)28-21-24-40-36(26-28)33-17-6-9-20-39(33)45-40/h1-3,5-12,14,16-26,29H,4,13,15H2. The van der Waals surface area contributed by atoms with Gasteiger partial charge >= 0.3 is 0 Å². The molecule has 10 rings (SSSR count). The number of para-hydroxylation sites is 2. The van der Waals surface area contributed by atoms with E-state index in [1.807, 2.05) is 12.1 Å². The molecule has 3 heterocycles. The van der Waals surface area contributed by atoms with Gasteiger partial charge in [0.05, 0.1) is 22.6 Å². The molecule has 2 aliphatic carbocycles. The average molecular weight is 579 g/mol. The second kappa shape index (κ2) is 9.48. The van der Waals surface area contributed by atoms with Gasteiger partial charge in [-0.2, -0.15) is 0 Å². The number of aromatic nitrogens is 2. The lowest BCUT2D eigenvalue weighted by molar-refractivity contribution is 0.622. The number of hydrogen-bond donors (Lipinski definition) is 0. The number of allylic oxidation sites excluding steroid dienone is 5. The summed E-state index contributed by atoms with van der Waals surface area (Å²) in [7, 11) is 0. The highest BCUT2D eigenvalue weighted by molar-refractivity contribution is 6.19. The van der Waals surface area contributed by atoms with Gasteiger partial charge in [0.1, 0.15) is 11.2 Å². The van der Waals surface area contributed by atoms with Crippen molar-refractivity contribution in [3.8, 4) is 16.8 Å². The normalized spacial score (nSPS) is 16.1. The van der Waals surface area contributed by atoms with Gasteiger partial charge in [0.15, 0.2) is 0 Å². The molecule has 0 N–H and O–H groups in total. The third kappa shape index (κ3) is 3.58. The number of furan rings is 1. The molecule has 0 spiro atoms. The van der Waals surface area contributed by atoms with Crippen molar-refractivity contribution < 1.29 is 4.42 Å². The van der Waals surface area contributed by atoms with Gasteiger partial charge in [0.25, 0.3) is 0 Å². The molecule has 45 heavy (non-hydrogen) atoms. The summed E-state index contributed by atoms with van der Waals surface area (Å²) in [6.07, 6.45) is 16.9. The lowest BCUT2D eigenvalue weighted by atomic mass is 10.00. The Kier molecular flexibility index (Phi) is 5.23. The summed E-state index contributed by atoms with van der Waals surface area (Å²) in [5.41, 5.74) is 12.1. The topological polar surface area (TPSA) is 23.0 Å². The Bertz CT molecular complexity index is 2580. The molecule has 0 amide bonds. The number of hydrogen-bond acceptors (Lipinski definition) is 1. The predicted octanol–water partition coefficient (Wildman–Crippen LogP) is 11.3. The molecule has 0 bridgehead atoms. The van der Waals surface area contributed by atoms with Crippen molar-refractivity contribution in [3.05, 3.63) is 145 Å². The van der Waals surface area contributed by atoms with E-state index in [1.165, 1.54) is 60.8 Å². The maximum atomic E-state index is 6.14. The quantitative estimate of drug-likeness (QED) is 0.204. The highest BCUT2D eigenvalue weighted by atomic mass is 16.3. The third-order valence-corrected chi connectivity index (χ3v) is 9.89. The maximum absolute atomic E-state index is 6.14. The van der Waals surface area contributed by atoms with Crippen LogP contribution in [0.3, 0.4) is 0 Å². The van der Waals surface area contributed by atoms with Crippen molar-refractivity contribution in [1.29, 1.82) is 0 Å². The third-order valence-electron chi connectivity index (χ3n) is 9.89. The molecule has 3 aromatic heterocycles. The Labute approximate surface area is 260 Å². The first kappa shape index (κ1) is 24.9. The summed E-state index contributed by atoms with van der Waals surface area (Å²) < 4.78 is 11.3. The molecular weight excluding hydrogens is 548 g/mol. The molecule has 0 saturated heterocycles. The number of benzene rings is 5. The van der Waals surface area contributed by atoms with E-state index in [0.717, 1.165) is 41.2 Å². The highest BCUT2D eigenvalue weighted by Gasteiger charge is 2.26. The van der Waals surface area contributed by atoms with Gasteiger partial charge < -0.3 is 13.6 Å². The number of rotatable bonds is 3. The maximum Gasteiger partial charge on any atom is 0.135 e. The minimum absolute atomic E-state index is 0.281. The second-order valence-electron chi connectivity index (χ2n) is 12.4. The van der Waals surface area contributed by atoms with Gasteiger partial charge in [-0.15, -0.1) is 0 Å². The van der Waals surface area contributed by atoms with E-state index in [1.54, 1.807) is 0 Å². The zero-order chi connectivity index (χ0) is 29.5. The molecule has 0 radical (unpaired) electrons. The van der Waals surface area contributed by atoms with Gasteiger partial charge in [-0.25, -0.2) is 0 Å². The Balaban J connectivity index is 1.27. The summed E-state index contributed by atoms with van der Waals surface area (Å²) >= 11 is 0. The van der Waals surface area contributed by atoms with Crippen LogP contribution in [0.1, 0.15) is 30.1 Å². The second-order valence-corrected chi connectivity index (χ2v) is 12.4. The highest BCUT2D eigenvalue weighted by Crippen LogP contribution is 2.43. The van der Waals surface area contributed by atoms with Crippen LogP contribution in [-0.4, -0.2) is 9.13 Å². The molecule has 2 aliphatic rings. The molecule has 5 aromatic carbocycles. The van der Waals surface area contributed by atoms with E-state index < -0.39 is 0 Å². The zero-order valence-electron chi connectivity index (χ0n) is 24.8. The predicted molar refractivity (Wildman–Crippen MR) is 188 cm³/mol. The average Bonchev–Trinajstić information content (AvgIpc) is 3.76. The van der Waals surface area contributed by atoms with Gasteiger partial charge in [-0.1, -0.05) is 97.1 Å². The molecular formula is C42H30N2O. The van der Waals surface area contributed by atoms with Crippen molar-refractivity contribution in [1.82, 2.24) is 9.13 Å². The minimum atomic E-state index is 0.281. The molecule has 214 valence electrons. The van der Waals surface area contributed by atoms with E-state index in [-0.39, 0.29) is 6.04 Å². The fourth-order valence-electron chi connectivity index (χ4n) is 7.90. The minimum Gasteiger partial charge on any atom is -0.456 e. The van der Waals surface area contributed by atoms with Crippen LogP contribution < -0.4 is 0 Å². The van der Waals surface area contributed by atoms with Crippen LogP contribution in [0.15, 0.2) is 138 Å². The SMILES string of the molecule is C1=CCC(n2c3c(c4ccc5c6ccccc6n(-c6cccc(-c7ccc8oc9ccccc9c8c7)c6)c5c42)CCC=C3)C=C1. The first-order valence-corrected chi connectivity index (χ1v) is 15.9. The molecule has 1 unspecified atom stereocenters.